The van der Waals surface area contributed by atoms with Crippen LogP contribution >= 0.6 is 57.1 Å². The Balaban J connectivity index is 0.000000242. The fourth-order valence-corrected chi connectivity index (χ4v) is 7.68. The Labute approximate surface area is 393 Å². The van der Waals surface area contributed by atoms with Gasteiger partial charge in [0.2, 0.25) is 17.4 Å². The second-order valence-electron chi connectivity index (χ2n) is 12.4. The molecule has 2 aromatic heterocycles. The van der Waals surface area contributed by atoms with Gasteiger partial charge in [0.15, 0.2) is 11.6 Å². The van der Waals surface area contributed by atoms with E-state index in [2.05, 4.69) is 9.97 Å². The lowest BCUT2D eigenvalue weighted by atomic mass is 10.0. The number of nitrogens with zero attached hydrogens (tertiary/aromatic N) is 2. The first-order valence-corrected chi connectivity index (χ1v) is 22.5. The summed E-state index contributed by atoms with van der Waals surface area (Å²) >= 11 is 22.4. The molecule has 0 saturated heterocycles. The van der Waals surface area contributed by atoms with Crippen LogP contribution in [0.3, 0.4) is 0 Å². The van der Waals surface area contributed by atoms with Crippen LogP contribution in [0.25, 0.3) is 0 Å². The van der Waals surface area contributed by atoms with Crippen molar-refractivity contribution < 1.29 is 71.0 Å². The van der Waals surface area contributed by atoms with Gasteiger partial charge in [0.05, 0.1) is 66.6 Å². The molecule has 352 valence electrons. The largest absolute Gasteiger partial charge is 0.496 e. The summed E-state index contributed by atoms with van der Waals surface area (Å²) in [5.41, 5.74) is 1.72. The molecule has 27 heteroatoms. The molecule has 6 aromatic rings. The molecule has 0 bridgehead atoms. The molecule has 6 rings (SSSR count). The highest BCUT2D eigenvalue weighted by Gasteiger charge is 2.36. The number of sulfonamides is 1. The van der Waals surface area contributed by atoms with Gasteiger partial charge < -0.3 is 19.9 Å². The summed E-state index contributed by atoms with van der Waals surface area (Å²) in [5, 5.41) is -1.00. The first kappa shape index (κ1) is 53.3. The normalized spacial score (nSPS) is 11.6. The summed E-state index contributed by atoms with van der Waals surface area (Å²) in [7, 11) is -1.36. The summed E-state index contributed by atoms with van der Waals surface area (Å²) in [6.45, 7) is 0. The van der Waals surface area contributed by atoms with E-state index in [0.717, 1.165) is 42.6 Å². The SMILES string of the molecule is COc1cccc(F)c1C(=O)c1ncc(Cl)cc1NS(=O)(=O)c1ccc(Cl)c(C(F)(F)F)c1.COc1cccc(F)c1Oc1ncc(Cl)cc1N.O=S(=O)(Cl)c1ccc(Cl)c(C(F)(F)F)c1. The fraction of sp³-hybridized carbons (Fsp3) is 0.103. The van der Waals surface area contributed by atoms with Crippen molar-refractivity contribution in [3.05, 3.63) is 151 Å². The van der Waals surface area contributed by atoms with Gasteiger partial charge in [-0.3, -0.25) is 9.52 Å². The highest BCUT2D eigenvalue weighted by Crippen LogP contribution is 2.39. The summed E-state index contributed by atoms with van der Waals surface area (Å²) in [6, 6.07) is 14.5. The standard InChI is InChI=1S/C20H12Cl2F4N2O4S.C12H10ClFN2O2.C7H3Cl2F3O2S/c1-32-16-4-2-3-14(23)17(16)19(29)18-15(7-10(21)9-27-18)28-33(30,31)11-5-6-13(22)12(8-11)20(24,25)26;1-17-10-4-2-3-8(14)11(10)18-12-9(15)5-7(13)6-16-12;8-6-2-1-4(15(9,13)14)3-5(6)7(10,11)12/h2-9,28H,1H3;2-6H,15H2,1H3;1-3H. The van der Waals surface area contributed by atoms with Crippen molar-refractivity contribution in [3.63, 3.8) is 0 Å². The smallest absolute Gasteiger partial charge is 0.417 e. The maximum atomic E-state index is 14.4. The molecular formula is C39H25Cl5F8N4O8S2. The minimum absolute atomic E-state index is 0.0680. The third-order valence-corrected chi connectivity index (χ3v) is 11.8. The van der Waals surface area contributed by atoms with Gasteiger partial charge in [0.25, 0.3) is 19.1 Å². The Morgan fingerprint density at radius 1 is 0.682 bits per heavy atom. The number of nitrogens with one attached hydrogen (secondary N) is 1. The van der Waals surface area contributed by atoms with Crippen molar-refractivity contribution in [2.45, 2.75) is 22.1 Å². The van der Waals surface area contributed by atoms with E-state index in [-0.39, 0.29) is 33.8 Å². The van der Waals surface area contributed by atoms with E-state index in [4.69, 9.17) is 77.0 Å². The number of aromatic nitrogens is 2. The molecule has 0 atom stereocenters. The number of halogens is 13. The average Bonchev–Trinajstić information content (AvgIpc) is 3.21. The molecular weight excluding hydrogens is 1050 g/mol. The second-order valence-corrected chi connectivity index (χ2v) is 18.4. The van der Waals surface area contributed by atoms with Crippen molar-refractivity contribution in [3.8, 4) is 23.1 Å². The topological polar surface area (TPSA) is 177 Å². The zero-order valence-electron chi connectivity index (χ0n) is 32.7. The summed E-state index contributed by atoms with van der Waals surface area (Å²) in [5.74, 6) is -2.46. The maximum absolute atomic E-state index is 14.4. The molecule has 12 nitrogen and oxygen atoms in total. The lowest BCUT2D eigenvalue weighted by molar-refractivity contribution is -0.138. The monoisotopic (exact) mass is 1070 g/mol. The molecule has 0 unspecified atom stereocenters. The van der Waals surface area contributed by atoms with Crippen molar-refractivity contribution in [2.24, 2.45) is 0 Å². The lowest BCUT2D eigenvalue weighted by Crippen LogP contribution is -2.18. The number of ketones is 1. The summed E-state index contributed by atoms with van der Waals surface area (Å²) in [6.07, 6.45) is -7.25. The van der Waals surface area contributed by atoms with E-state index >= 15 is 0 Å². The quantitative estimate of drug-likeness (QED) is 0.0758. The Hall–Kier alpha value is -5.36. The van der Waals surface area contributed by atoms with Gasteiger partial charge in [-0.2, -0.15) is 26.3 Å². The van der Waals surface area contributed by atoms with Gasteiger partial charge in [-0.15, -0.1) is 0 Å². The van der Waals surface area contributed by atoms with Gasteiger partial charge in [0.1, 0.15) is 22.8 Å². The molecule has 0 aliphatic heterocycles. The molecule has 0 spiro atoms. The first-order valence-electron chi connectivity index (χ1n) is 17.2. The number of carbonyl (C=O) groups excluding carboxylic acids is 1. The number of hydrogen-bond donors (Lipinski definition) is 2. The van der Waals surface area contributed by atoms with Crippen molar-refractivity contribution in [1.29, 1.82) is 0 Å². The maximum Gasteiger partial charge on any atom is 0.417 e. The third-order valence-electron chi connectivity index (χ3n) is 8.01. The number of hydrogen-bond acceptors (Lipinski definition) is 11. The Bertz CT molecular complexity index is 3010. The Kier molecular flexibility index (Phi) is 17.4. The number of carbonyl (C=O) groups is 1. The van der Waals surface area contributed by atoms with Gasteiger partial charge >= 0.3 is 12.4 Å². The highest BCUT2D eigenvalue weighted by molar-refractivity contribution is 8.13. The number of alkyl halides is 6. The number of pyridine rings is 2. The molecule has 66 heavy (non-hydrogen) atoms. The Morgan fingerprint density at radius 2 is 1.18 bits per heavy atom. The van der Waals surface area contributed by atoms with E-state index < -0.39 is 96.8 Å². The van der Waals surface area contributed by atoms with E-state index in [9.17, 15) is 56.8 Å². The fourth-order valence-electron chi connectivity index (χ4n) is 5.05. The van der Waals surface area contributed by atoms with Crippen LogP contribution in [0.15, 0.2) is 107 Å². The van der Waals surface area contributed by atoms with Crippen LogP contribution in [0, 0.1) is 11.6 Å². The number of nitrogen functional groups attached to an aromatic ring is 1. The molecule has 4 aromatic carbocycles. The number of anilines is 2. The van der Waals surface area contributed by atoms with E-state index in [1.165, 1.54) is 50.7 Å². The van der Waals surface area contributed by atoms with Crippen LogP contribution < -0.4 is 24.7 Å². The molecule has 2 heterocycles. The molecule has 3 N–H and O–H groups in total. The van der Waals surface area contributed by atoms with Gasteiger partial charge in [0, 0.05) is 23.1 Å². The van der Waals surface area contributed by atoms with Crippen molar-refractivity contribution >= 4 is 93.3 Å². The number of benzene rings is 4. The number of ether oxygens (including phenoxy) is 3. The number of rotatable bonds is 10. The van der Waals surface area contributed by atoms with Crippen LogP contribution in [-0.2, 0) is 31.4 Å². The molecule has 0 saturated carbocycles. The van der Waals surface area contributed by atoms with E-state index in [1.807, 2.05) is 4.72 Å². The molecule has 0 amide bonds. The van der Waals surface area contributed by atoms with Gasteiger partial charge in [-0.05, 0) is 72.8 Å². The zero-order chi connectivity index (χ0) is 49.5. The average molecular weight is 1070 g/mol. The first-order chi connectivity index (χ1) is 30.6. The van der Waals surface area contributed by atoms with Crippen LogP contribution in [0.4, 0.5) is 46.5 Å². The van der Waals surface area contributed by atoms with E-state index in [1.54, 1.807) is 6.07 Å². The predicted octanol–water partition coefficient (Wildman–Crippen LogP) is 12.1. The lowest BCUT2D eigenvalue weighted by Gasteiger charge is -2.15. The second kappa shape index (κ2) is 21.5. The van der Waals surface area contributed by atoms with Crippen LogP contribution in [0.2, 0.25) is 20.1 Å². The molecule has 0 aliphatic carbocycles. The van der Waals surface area contributed by atoms with Crippen LogP contribution in [-0.4, -0.2) is 46.8 Å². The number of para-hydroxylation sites is 1. The number of nitrogens with two attached hydrogens (primary N) is 1. The Morgan fingerprint density at radius 3 is 1.71 bits per heavy atom. The summed E-state index contributed by atoms with van der Waals surface area (Å²) < 4.78 is 169. The molecule has 0 aliphatic rings. The van der Waals surface area contributed by atoms with Gasteiger partial charge in [-0.25, -0.2) is 35.6 Å². The van der Waals surface area contributed by atoms with Crippen LogP contribution in [0.1, 0.15) is 27.2 Å². The van der Waals surface area contributed by atoms with E-state index in [0.29, 0.717) is 17.2 Å². The minimum atomic E-state index is -4.91. The molecule has 0 radical (unpaired) electrons. The third kappa shape index (κ3) is 13.6. The highest BCUT2D eigenvalue weighted by atomic mass is 35.7. The predicted molar refractivity (Wildman–Crippen MR) is 229 cm³/mol. The minimum Gasteiger partial charge on any atom is -0.496 e. The van der Waals surface area contributed by atoms with Crippen LogP contribution in [0.5, 0.6) is 23.1 Å². The molecule has 0 fully saturated rings. The number of methoxy groups -OCH3 is 2. The van der Waals surface area contributed by atoms with Crippen molar-refractivity contribution in [2.75, 3.05) is 24.7 Å². The summed E-state index contributed by atoms with van der Waals surface area (Å²) in [4.78, 5) is 19.3. The zero-order valence-corrected chi connectivity index (χ0v) is 38.1. The van der Waals surface area contributed by atoms with Gasteiger partial charge in [-0.1, -0.05) is 58.5 Å². The van der Waals surface area contributed by atoms with Crippen molar-refractivity contribution in [1.82, 2.24) is 9.97 Å².